The Morgan fingerprint density at radius 3 is 1.94 bits per heavy atom. The lowest BCUT2D eigenvalue weighted by Gasteiger charge is -2.04. The van der Waals surface area contributed by atoms with Crippen LogP contribution in [0.25, 0.3) is 0 Å². The predicted octanol–water partition coefficient (Wildman–Crippen LogP) is 1.86. The summed E-state index contributed by atoms with van der Waals surface area (Å²) in [5, 5.41) is 7.19. The van der Waals surface area contributed by atoms with Crippen molar-refractivity contribution in [1.29, 1.82) is 0 Å². The minimum absolute atomic E-state index is 0.192. The van der Waals surface area contributed by atoms with Crippen LogP contribution >= 0.6 is 0 Å². The van der Waals surface area contributed by atoms with Crippen LogP contribution in [-0.4, -0.2) is 23.2 Å². The van der Waals surface area contributed by atoms with Crippen molar-refractivity contribution in [2.75, 3.05) is 0 Å². The molecule has 8 heteroatoms. The van der Waals surface area contributed by atoms with Gasteiger partial charge in [-0.2, -0.15) is 13.2 Å². The van der Waals surface area contributed by atoms with Gasteiger partial charge in [0.2, 0.25) is 5.84 Å². The quantitative estimate of drug-likeness (QED) is 0.522. The summed E-state index contributed by atoms with van der Waals surface area (Å²) in [5.41, 5.74) is 8.93. The van der Waals surface area contributed by atoms with Gasteiger partial charge >= 0.3 is 12.3 Å². The fraction of sp³-hybridized carbons (Fsp3) is 0.111. The number of benzene rings is 1. The second-order valence-electron chi connectivity index (χ2n) is 2.67. The first-order chi connectivity index (χ1) is 7.73. The van der Waals surface area contributed by atoms with Gasteiger partial charge in [-0.1, -0.05) is 18.2 Å². The zero-order valence-corrected chi connectivity index (χ0v) is 8.48. The molecular formula is C9H10F3N3O2. The Morgan fingerprint density at radius 1 is 1.18 bits per heavy atom. The highest BCUT2D eigenvalue weighted by Gasteiger charge is 2.33. The first-order valence-electron chi connectivity index (χ1n) is 4.18. The van der Waals surface area contributed by atoms with Gasteiger partial charge in [0.25, 0.3) is 0 Å². The molecule has 5 nitrogen and oxygen atoms in total. The van der Waals surface area contributed by atoms with E-state index >= 15 is 0 Å². The van der Waals surface area contributed by atoms with Crippen LogP contribution < -0.4 is 11.5 Å². The second kappa shape index (κ2) is 6.36. The number of halogens is 3. The number of nitrogens with two attached hydrogens (primary N) is 2. The number of carboxylic acid groups (broad SMARTS) is 1. The first kappa shape index (κ1) is 14.8. The van der Waals surface area contributed by atoms with Crippen molar-refractivity contribution < 1.29 is 23.1 Å². The maximum atomic E-state index is 11.9. The standard InChI is InChI=1S/C8H7F3N2.CH3NO2/c9-8(10,11)7(12)13-6-4-2-1-3-5-6;2-1(3)4/h1-5H,(H2,12,13);2H2,(H,3,4). The molecule has 0 aromatic heterocycles. The van der Waals surface area contributed by atoms with E-state index in [2.05, 4.69) is 10.7 Å². The lowest BCUT2D eigenvalue weighted by molar-refractivity contribution is -0.0597. The minimum atomic E-state index is -4.56. The molecule has 0 fully saturated rings. The molecule has 0 heterocycles. The predicted molar refractivity (Wildman–Crippen MR) is 56.0 cm³/mol. The number of para-hydroxylation sites is 1. The van der Waals surface area contributed by atoms with Crippen molar-refractivity contribution in [3.05, 3.63) is 30.3 Å². The number of primary amides is 1. The Balaban J connectivity index is 0.000000557. The van der Waals surface area contributed by atoms with Gasteiger partial charge < -0.3 is 16.6 Å². The average Bonchev–Trinajstić information content (AvgIpc) is 2.16. The van der Waals surface area contributed by atoms with E-state index in [0.29, 0.717) is 0 Å². The fourth-order valence-electron chi connectivity index (χ4n) is 0.705. The number of alkyl halides is 3. The Kier molecular flexibility index (Phi) is 5.52. The van der Waals surface area contributed by atoms with Gasteiger partial charge in [-0.25, -0.2) is 9.79 Å². The molecule has 1 aromatic carbocycles. The molecule has 0 aliphatic rings. The molecule has 1 rings (SSSR count). The molecule has 0 atom stereocenters. The Labute approximate surface area is 94.6 Å². The van der Waals surface area contributed by atoms with Crippen LogP contribution in [0.15, 0.2) is 35.3 Å². The van der Waals surface area contributed by atoms with Crippen LogP contribution in [0, 0.1) is 0 Å². The van der Waals surface area contributed by atoms with E-state index in [4.69, 9.17) is 15.6 Å². The largest absolute Gasteiger partial charge is 0.465 e. The van der Waals surface area contributed by atoms with Crippen molar-refractivity contribution in [2.24, 2.45) is 16.5 Å². The van der Waals surface area contributed by atoms with Crippen molar-refractivity contribution in [1.82, 2.24) is 0 Å². The molecule has 0 saturated heterocycles. The van der Waals surface area contributed by atoms with Crippen LogP contribution in [0.4, 0.5) is 23.7 Å². The molecule has 1 aromatic rings. The van der Waals surface area contributed by atoms with Crippen LogP contribution in [0.3, 0.4) is 0 Å². The fourth-order valence-corrected chi connectivity index (χ4v) is 0.705. The number of hydrogen-bond acceptors (Lipinski definition) is 2. The summed E-state index contributed by atoms with van der Waals surface area (Å²) in [6.45, 7) is 0. The van der Waals surface area contributed by atoms with Gasteiger partial charge in [0.15, 0.2) is 0 Å². The summed E-state index contributed by atoms with van der Waals surface area (Å²) in [7, 11) is 0. The summed E-state index contributed by atoms with van der Waals surface area (Å²) in [5.74, 6) is -1.33. The highest BCUT2D eigenvalue weighted by atomic mass is 19.4. The Bertz CT molecular complexity index is 386. The molecule has 94 valence electrons. The number of nitrogens with zero attached hydrogens (tertiary/aromatic N) is 1. The second-order valence-corrected chi connectivity index (χ2v) is 2.67. The maximum Gasteiger partial charge on any atom is 0.448 e. The van der Waals surface area contributed by atoms with E-state index in [-0.39, 0.29) is 5.69 Å². The van der Waals surface area contributed by atoms with Gasteiger partial charge in [0, 0.05) is 0 Å². The smallest absolute Gasteiger partial charge is 0.448 e. The summed E-state index contributed by atoms with van der Waals surface area (Å²) in [6.07, 6.45) is -5.89. The monoisotopic (exact) mass is 249 g/mol. The molecular weight excluding hydrogens is 239 g/mol. The number of amidine groups is 1. The molecule has 0 aliphatic heterocycles. The third kappa shape index (κ3) is 7.65. The van der Waals surface area contributed by atoms with Gasteiger partial charge in [-0.15, -0.1) is 0 Å². The molecule has 0 bridgehead atoms. The highest BCUT2D eigenvalue weighted by Crippen LogP contribution is 2.18. The number of hydrogen-bond donors (Lipinski definition) is 3. The molecule has 0 unspecified atom stereocenters. The minimum Gasteiger partial charge on any atom is -0.465 e. The normalized spacial score (nSPS) is 11.4. The number of amides is 1. The van der Waals surface area contributed by atoms with E-state index < -0.39 is 18.1 Å². The number of rotatable bonds is 1. The van der Waals surface area contributed by atoms with Crippen LogP contribution in [0.5, 0.6) is 0 Å². The van der Waals surface area contributed by atoms with Crippen molar-refractivity contribution in [3.63, 3.8) is 0 Å². The molecule has 0 aliphatic carbocycles. The summed E-state index contributed by atoms with van der Waals surface area (Å²) in [4.78, 5) is 12.0. The molecule has 5 N–H and O–H groups in total. The summed E-state index contributed by atoms with van der Waals surface area (Å²) < 4.78 is 35.6. The Hall–Kier alpha value is -2.25. The van der Waals surface area contributed by atoms with E-state index in [0.717, 1.165) is 0 Å². The third-order valence-electron chi connectivity index (χ3n) is 1.30. The Morgan fingerprint density at radius 2 is 1.59 bits per heavy atom. The molecule has 0 radical (unpaired) electrons. The van der Waals surface area contributed by atoms with Gasteiger partial charge in [0.05, 0.1) is 5.69 Å². The SMILES string of the molecule is NC(=Nc1ccccc1)C(F)(F)F.NC(=O)O. The van der Waals surface area contributed by atoms with Crippen LogP contribution in [-0.2, 0) is 0 Å². The van der Waals surface area contributed by atoms with E-state index in [1.165, 1.54) is 12.1 Å². The van der Waals surface area contributed by atoms with E-state index in [1.807, 2.05) is 0 Å². The molecule has 17 heavy (non-hydrogen) atoms. The number of carbonyl (C=O) groups is 1. The number of aliphatic imine (C=N–C) groups is 1. The first-order valence-corrected chi connectivity index (χ1v) is 4.18. The zero-order chi connectivity index (χ0) is 13.5. The van der Waals surface area contributed by atoms with Crippen molar-refractivity contribution in [2.45, 2.75) is 6.18 Å². The topological polar surface area (TPSA) is 102 Å². The van der Waals surface area contributed by atoms with Crippen molar-refractivity contribution >= 4 is 17.6 Å². The summed E-state index contributed by atoms with van der Waals surface area (Å²) >= 11 is 0. The maximum absolute atomic E-state index is 11.9. The highest BCUT2D eigenvalue weighted by molar-refractivity contribution is 5.88. The van der Waals surface area contributed by atoms with Gasteiger partial charge in [-0.3, -0.25) is 0 Å². The van der Waals surface area contributed by atoms with Gasteiger partial charge in [0.1, 0.15) is 0 Å². The zero-order valence-electron chi connectivity index (χ0n) is 8.48. The van der Waals surface area contributed by atoms with Crippen LogP contribution in [0.2, 0.25) is 0 Å². The van der Waals surface area contributed by atoms with Crippen molar-refractivity contribution in [3.8, 4) is 0 Å². The van der Waals surface area contributed by atoms with E-state index in [1.54, 1.807) is 18.2 Å². The van der Waals surface area contributed by atoms with E-state index in [9.17, 15) is 13.2 Å². The average molecular weight is 249 g/mol. The third-order valence-corrected chi connectivity index (χ3v) is 1.30. The van der Waals surface area contributed by atoms with Crippen LogP contribution in [0.1, 0.15) is 0 Å². The summed E-state index contributed by atoms with van der Waals surface area (Å²) in [6, 6.07) is 7.74. The lowest BCUT2D eigenvalue weighted by Crippen LogP contribution is -2.30. The molecule has 0 saturated carbocycles. The lowest BCUT2D eigenvalue weighted by atomic mass is 10.3. The molecule has 1 amide bonds. The van der Waals surface area contributed by atoms with Gasteiger partial charge in [-0.05, 0) is 12.1 Å². The molecule has 0 spiro atoms.